The van der Waals surface area contributed by atoms with Gasteiger partial charge in [0, 0.05) is 18.9 Å². The third-order valence-electron chi connectivity index (χ3n) is 2.60. The van der Waals surface area contributed by atoms with Gasteiger partial charge in [-0.1, -0.05) is 6.08 Å². The van der Waals surface area contributed by atoms with Crippen molar-refractivity contribution in [1.29, 1.82) is 0 Å². The van der Waals surface area contributed by atoms with Gasteiger partial charge < -0.3 is 5.11 Å². The summed E-state index contributed by atoms with van der Waals surface area (Å²) >= 11 is 0. The molecule has 1 aromatic rings. The predicted octanol–water partition coefficient (Wildman–Crippen LogP) is 2.04. The van der Waals surface area contributed by atoms with Crippen LogP contribution in [-0.2, 0) is 6.54 Å². The Morgan fingerprint density at radius 2 is 2.33 bits per heavy atom. The van der Waals surface area contributed by atoms with E-state index in [1.54, 1.807) is 18.0 Å². The Kier molecular flexibility index (Phi) is 5.94. The molecule has 1 N–H and O–H groups in total. The summed E-state index contributed by atoms with van der Waals surface area (Å²) in [4.78, 5) is 5.66. The van der Waals surface area contributed by atoms with Crippen LogP contribution in [0.4, 0.5) is 8.78 Å². The smallest absolute Gasteiger partial charge is 0.319 e. The summed E-state index contributed by atoms with van der Waals surface area (Å²) in [7, 11) is 1.77. The lowest BCUT2D eigenvalue weighted by Gasteiger charge is -2.20. The maximum atomic E-state index is 12.6. The number of rotatable bonds is 8. The Morgan fingerprint density at radius 3 is 2.94 bits per heavy atom. The number of hydrogen-bond acceptors (Lipinski definition) is 3. The first kappa shape index (κ1) is 14.8. The third-order valence-corrected chi connectivity index (χ3v) is 2.60. The molecule has 1 atom stereocenters. The molecule has 0 bridgehead atoms. The standard InChI is InChI=1S/C12H19F2N3O/c1-3-4-5-10(18)8-16(2)9-11-15-6-7-17(11)12(13)14/h3,6-7,10,12,18H,1,4-5,8-9H2,2H3. The highest BCUT2D eigenvalue weighted by molar-refractivity contribution is 4.92. The number of aliphatic hydroxyl groups is 1. The number of allylic oxidation sites excluding steroid dienone is 1. The maximum absolute atomic E-state index is 12.6. The predicted molar refractivity (Wildman–Crippen MR) is 65.3 cm³/mol. The molecular weight excluding hydrogens is 240 g/mol. The van der Waals surface area contributed by atoms with E-state index in [0.29, 0.717) is 18.8 Å². The molecule has 0 saturated heterocycles. The highest BCUT2D eigenvalue weighted by Gasteiger charge is 2.14. The highest BCUT2D eigenvalue weighted by atomic mass is 19.3. The van der Waals surface area contributed by atoms with Gasteiger partial charge >= 0.3 is 6.55 Å². The second-order valence-electron chi connectivity index (χ2n) is 4.24. The number of aromatic nitrogens is 2. The van der Waals surface area contributed by atoms with Crippen LogP contribution in [0.1, 0.15) is 25.2 Å². The summed E-state index contributed by atoms with van der Waals surface area (Å²) in [6, 6.07) is 0. The lowest BCUT2D eigenvalue weighted by molar-refractivity contribution is 0.0622. The fraction of sp³-hybridized carbons (Fsp3) is 0.583. The van der Waals surface area contributed by atoms with Crippen LogP contribution in [-0.4, -0.2) is 39.3 Å². The van der Waals surface area contributed by atoms with E-state index in [0.717, 1.165) is 11.0 Å². The minimum atomic E-state index is -2.58. The van der Waals surface area contributed by atoms with Crippen molar-refractivity contribution in [3.05, 3.63) is 30.9 Å². The van der Waals surface area contributed by atoms with Crippen LogP contribution in [0.3, 0.4) is 0 Å². The molecule has 0 fully saturated rings. The summed E-state index contributed by atoms with van der Waals surface area (Å²) in [5.74, 6) is 0.295. The van der Waals surface area contributed by atoms with E-state index in [2.05, 4.69) is 11.6 Å². The van der Waals surface area contributed by atoms with E-state index >= 15 is 0 Å². The second-order valence-corrected chi connectivity index (χ2v) is 4.24. The molecule has 0 saturated carbocycles. The van der Waals surface area contributed by atoms with Crippen LogP contribution in [0, 0.1) is 0 Å². The van der Waals surface area contributed by atoms with Crippen molar-refractivity contribution in [2.45, 2.75) is 32.0 Å². The molecule has 1 aromatic heterocycles. The summed E-state index contributed by atoms with van der Waals surface area (Å²) in [5, 5.41) is 9.69. The van der Waals surface area contributed by atoms with Crippen LogP contribution < -0.4 is 0 Å². The number of aliphatic hydroxyl groups excluding tert-OH is 1. The molecule has 0 aliphatic rings. The van der Waals surface area contributed by atoms with Crippen molar-refractivity contribution in [1.82, 2.24) is 14.5 Å². The SMILES string of the molecule is C=CCCC(O)CN(C)Cc1nccn1C(F)F. The van der Waals surface area contributed by atoms with E-state index < -0.39 is 12.7 Å². The average Bonchev–Trinajstić information content (AvgIpc) is 2.74. The first-order valence-electron chi connectivity index (χ1n) is 5.82. The van der Waals surface area contributed by atoms with Gasteiger partial charge in [-0.15, -0.1) is 6.58 Å². The fourth-order valence-electron chi connectivity index (χ4n) is 1.71. The minimum Gasteiger partial charge on any atom is -0.392 e. The number of likely N-dealkylation sites (N-methyl/N-ethyl adjacent to an activating group) is 1. The molecule has 0 aromatic carbocycles. The summed E-state index contributed by atoms with van der Waals surface area (Å²) in [6.45, 7) is 1.70. The quantitative estimate of drug-likeness (QED) is 0.726. The molecule has 1 unspecified atom stereocenters. The Bertz CT molecular complexity index is 368. The largest absolute Gasteiger partial charge is 0.392 e. The molecule has 0 amide bonds. The molecule has 0 aliphatic heterocycles. The molecule has 0 spiro atoms. The van der Waals surface area contributed by atoms with Crippen LogP contribution in [0.2, 0.25) is 0 Å². The van der Waals surface area contributed by atoms with Crippen molar-refractivity contribution in [2.24, 2.45) is 0 Å². The Hall–Kier alpha value is -1.27. The van der Waals surface area contributed by atoms with Gasteiger partial charge in [-0.2, -0.15) is 8.78 Å². The molecular formula is C12H19F2N3O. The summed E-state index contributed by atoms with van der Waals surface area (Å²) < 4.78 is 26.0. The number of imidazole rings is 1. The van der Waals surface area contributed by atoms with Crippen molar-refractivity contribution in [2.75, 3.05) is 13.6 Å². The number of hydrogen-bond donors (Lipinski definition) is 1. The normalized spacial score (nSPS) is 13.2. The van der Waals surface area contributed by atoms with Crippen LogP contribution in [0.5, 0.6) is 0 Å². The first-order valence-corrected chi connectivity index (χ1v) is 5.82. The van der Waals surface area contributed by atoms with Gasteiger partial charge in [-0.25, -0.2) is 4.98 Å². The zero-order valence-electron chi connectivity index (χ0n) is 10.5. The van der Waals surface area contributed by atoms with Crippen LogP contribution in [0.25, 0.3) is 0 Å². The van der Waals surface area contributed by atoms with E-state index in [-0.39, 0.29) is 6.54 Å². The lowest BCUT2D eigenvalue weighted by atomic mass is 10.2. The molecule has 0 radical (unpaired) electrons. The number of alkyl halides is 2. The molecule has 1 rings (SSSR count). The number of halogens is 2. The second kappa shape index (κ2) is 7.23. The third kappa shape index (κ3) is 4.54. The lowest BCUT2D eigenvalue weighted by Crippen LogP contribution is -2.29. The Labute approximate surface area is 106 Å². The van der Waals surface area contributed by atoms with E-state index in [1.807, 2.05) is 0 Å². The molecule has 1 heterocycles. The highest BCUT2D eigenvalue weighted by Crippen LogP contribution is 2.13. The summed E-state index contributed by atoms with van der Waals surface area (Å²) in [5.41, 5.74) is 0. The van der Waals surface area contributed by atoms with E-state index in [1.165, 1.54) is 12.4 Å². The van der Waals surface area contributed by atoms with Gasteiger partial charge in [0.25, 0.3) is 0 Å². The van der Waals surface area contributed by atoms with Crippen LogP contribution in [0.15, 0.2) is 25.0 Å². The van der Waals surface area contributed by atoms with Gasteiger partial charge in [0.1, 0.15) is 5.82 Å². The van der Waals surface area contributed by atoms with Crippen molar-refractivity contribution < 1.29 is 13.9 Å². The molecule has 4 nitrogen and oxygen atoms in total. The topological polar surface area (TPSA) is 41.3 Å². The monoisotopic (exact) mass is 259 g/mol. The molecule has 0 aliphatic carbocycles. The average molecular weight is 259 g/mol. The first-order chi connectivity index (χ1) is 8.54. The number of nitrogens with zero attached hydrogens (tertiary/aromatic N) is 3. The van der Waals surface area contributed by atoms with Gasteiger partial charge in [0.15, 0.2) is 0 Å². The Balaban J connectivity index is 2.46. The zero-order chi connectivity index (χ0) is 13.5. The van der Waals surface area contributed by atoms with Crippen molar-refractivity contribution in [3.8, 4) is 0 Å². The van der Waals surface area contributed by atoms with Gasteiger partial charge in [-0.05, 0) is 19.9 Å². The molecule has 18 heavy (non-hydrogen) atoms. The minimum absolute atomic E-state index is 0.280. The van der Waals surface area contributed by atoms with Gasteiger partial charge in [0.2, 0.25) is 0 Å². The van der Waals surface area contributed by atoms with Gasteiger partial charge in [0.05, 0.1) is 12.6 Å². The molecule has 102 valence electrons. The molecule has 6 heteroatoms. The van der Waals surface area contributed by atoms with Crippen molar-refractivity contribution >= 4 is 0 Å². The maximum Gasteiger partial charge on any atom is 0.319 e. The van der Waals surface area contributed by atoms with E-state index in [4.69, 9.17) is 0 Å². The summed E-state index contributed by atoms with van der Waals surface area (Å²) in [6.07, 6.45) is 5.22. The van der Waals surface area contributed by atoms with Crippen LogP contribution >= 0.6 is 0 Å². The van der Waals surface area contributed by atoms with E-state index in [9.17, 15) is 13.9 Å². The zero-order valence-corrected chi connectivity index (χ0v) is 10.5. The van der Waals surface area contributed by atoms with Gasteiger partial charge in [-0.3, -0.25) is 9.47 Å². The van der Waals surface area contributed by atoms with Crippen molar-refractivity contribution in [3.63, 3.8) is 0 Å². The fourth-order valence-corrected chi connectivity index (χ4v) is 1.71. The Morgan fingerprint density at radius 1 is 1.61 bits per heavy atom.